The highest BCUT2D eigenvalue weighted by Gasteiger charge is 2.45. The Morgan fingerprint density at radius 2 is 0.803 bits per heavy atom. The van der Waals surface area contributed by atoms with E-state index in [0.717, 1.165) is 16.1 Å². The van der Waals surface area contributed by atoms with Gasteiger partial charge in [-0.15, -0.1) is 11.3 Å². The molecule has 0 unspecified atom stereocenters. The Morgan fingerprint density at radius 3 is 1.30 bits per heavy atom. The van der Waals surface area contributed by atoms with Gasteiger partial charge in [-0.1, -0.05) is 179 Å². The van der Waals surface area contributed by atoms with Crippen LogP contribution >= 0.6 is 11.3 Å². The maximum absolute atomic E-state index is 5.47. The van der Waals surface area contributed by atoms with E-state index in [-0.39, 0.29) is 39.2 Å². The van der Waals surface area contributed by atoms with Gasteiger partial charge in [-0.05, 0) is 137 Å². The van der Waals surface area contributed by atoms with E-state index in [0.29, 0.717) is 0 Å². The number of thiazole rings is 1. The van der Waals surface area contributed by atoms with Crippen LogP contribution in [0.2, 0.25) is 0 Å². The molecule has 0 aliphatic carbocycles. The summed E-state index contributed by atoms with van der Waals surface area (Å²) < 4.78 is 1.20. The van der Waals surface area contributed by atoms with Crippen LogP contribution in [0.1, 0.15) is 158 Å². The van der Waals surface area contributed by atoms with Gasteiger partial charge in [0.1, 0.15) is 5.01 Å². The Morgan fingerprint density at radius 1 is 0.379 bits per heavy atom. The first-order valence-electron chi connectivity index (χ1n) is 24.2. The number of rotatable bonds is 3. The van der Waals surface area contributed by atoms with Crippen LogP contribution in [0.3, 0.4) is 0 Å². The minimum absolute atomic E-state index is 0.0158. The summed E-state index contributed by atoms with van der Waals surface area (Å²) in [4.78, 5) is 10.7. The molecule has 5 heteroatoms. The fourth-order valence-corrected chi connectivity index (χ4v) is 10.8. The van der Waals surface area contributed by atoms with Gasteiger partial charge in [0.15, 0.2) is 0 Å². The summed E-state index contributed by atoms with van der Waals surface area (Å²) in [5, 5.41) is 1.06. The van der Waals surface area contributed by atoms with Crippen molar-refractivity contribution >= 4 is 78.8 Å². The summed E-state index contributed by atoms with van der Waals surface area (Å²) in [7, 11) is 0. The van der Waals surface area contributed by atoms with E-state index in [2.05, 4.69) is 244 Å². The van der Waals surface area contributed by atoms with Crippen molar-refractivity contribution in [3.8, 4) is 10.6 Å². The standard InChI is InChI=1S/C61H72BN3S/c1-56(2,3)38-21-19-37(20-22-38)55-63-48-35-47-50(36-53(48)66-55)65(45-30-41(59(10,11)12)29-42(31-45)60(13,14)15)52-34-43(61(16,17)18)33-51-54(52)62(47)46-28-25-40(58(7,8)9)32-49(46)64(51)44-26-23-39(24-27-44)57(4,5)6/h19-36H,1-18H3. The van der Waals surface area contributed by atoms with E-state index in [1.807, 2.05) is 11.3 Å². The number of nitrogens with zero attached hydrogens (tertiary/aromatic N) is 3. The number of aromatic nitrogens is 1. The van der Waals surface area contributed by atoms with Crippen molar-refractivity contribution in [1.82, 2.24) is 4.98 Å². The van der Waals surface area contributed by atoms with Gasteiger partial charge in [-0.2, -0.15) is 0 Å². The Bertz CT molecular complexity index is 2990. The average Bonchev–Trinajstić information content (AvgIpc) is 3.63. The molecule has 0 spiro atoms. The highest BCUT2D eigenvalue weighted by atomic mass is 32.1. The van der Waals surface area contributed by atoms with Gasteiger partial charge >= 0.3 is 0 Å². The van der Waals surface area contributed by atoms with E-state index in [1.54, 1.807) is 0 Å². The van der Waals surface area contributed by atoms with Gasteiger partial charge in [0.05, 0.1) is 10.2 Å². The van der Waals surface area contributed by atoms with Crippen LogP contribution < -0.4 is 26.2 Å². The van der Waals surface area contributed by atoms with Crippen LogP contribution in [0.25, 0.3) is 20.8 Å². The zero-order valence-corrected chi connectivity index (χ0v) is 44.0. The molecule has 6 aromatic carbocycles. The topological polar surface area (TPSA) is 19.4 Å². The molecule has 3 heterocycles. The van der Waals surface area contributed by atoms with Crippen LogP contribution in [-0.2, 0) is 32.5 Å². The highest BCUT2D eigenvalue weighted by molar-refractivity contribution is 7.21. The maximum atomic E-state index is 5.47. The minimum atomic E-state index is -0.120. The van der Waals surface area contributed by atoms with Crippen molar-refractivity contribution in [2.45, 2.75) is 157 Å². The molecule has 0 radical (unpaired) electrons. The molecular formula is C61H72BN3S. The molecular weight excluding hydrogens is 818 g/mol. The number of hydrogen-bond donors (Lipinski definition) is 0. The number of hydrogen-bond acceptors (Lipinski definition) is 4. The number of anilines is 6. The van der Waals surface area contributed by atoms with Gasteiger partial charge in [-0.25, -0.2) is 4.98 Å². The predicted molar refractivity (Wildman–Crippen MR) is 291 cm³/mol. The smallest absolute Gasteiger partial charge is 0.252 e. The molecule has 1 aromatic heterocycles. The third-order valence-corrected chi connectivity index (χ3v) is 15.3. The lowest BCUT2D eigenvalue weighted by atomic mass is 9.33. The van der Waals surface area contributed by atoms with Crippen molar-refractivity contribution in [2.75, 3.05) is 9.80 Å². The molecule has 0 atom stereocenters. The SMILES string of the molecule is CC(C)(C)c1ccc(-c2nc3cc4c(cc3s2)N(c2cc(C(C)(C)C)cc(C(C)(C)C)c2)c2cc(C(C)(C)C)cc3c2B4c2ccc(C(C)(C)C)cc2N3c2ccc(C(C)(C)C)cc2)cc1. The van der Waals surface area contributed by atoms with E-state index in [9.17, 15) is 0 Å². The van der Waals surface area contributed by atoms with Crippen molar-refractivity contribution in [3.63, 3.8) is 0 Å². The molecule has 66 heavy (non-hydrogen) atoms. The monoisotopic (exact) mass is 890 g/mol. The van der Waals surface area contributed by atoms with Crippen LogP contribution in [0.15, 0.2) is 109 Å². The molecule has 0 N–H and O–H groups in total. The predicted octanol–water partition coefficient (Wildman–Crippen LogP) is 15.8. The van der Waals surface area contributed by atoms with E-state index in [4.69, 9.17) is 4.98 Å². The maximum Gasteiger partial charge on any atom is 0.252 e. The van der Waals surface area contributed by atoms with Gasteiger partial charge < -0.3 is 9.80 Å². The number of benzene rings is 6. The summed E-state index contributed by atoms with van der Waals surface area (Å²) >= 11 is 1.81. The second-order valence-electron chi connectivity index (χ2n) is 25.6. The van der Waals surface area contributed by atoms with Crippen LogP contribution in [0, 0.1) is 0 Å². The average molecular weight is 890 g/mol. The fraction of sp³-hybridized carbons (Fsp3) is 0.393. The summed E-state index contributed by atoms with van der Waals surface area (Å²) in [6.45, 7) is 41.9. The zero-order chi connectivity index (χ0) is 47.8. The summed E-state index contributed by atoms with van der Waals surface area (Å²) in [5.74, 6) is 0. The lowest BCUT2D eigenvalue weighted by Crippen LogP contribution is -2.61. The molecule has 0 saturated heterocycles. The zero-order valence-electron chi connectivity index (χ0n) is 43.2. The summed E-state index contributed by atoms with van der Waals surface area (Å²) in [6.07, 6.45) is 0. The minimum Gasteiger partial charge on any atom is -0.311 e. The van der Waals surface area contributed by atoms with Crippen molar-refractivity contribution in [3.05, 3.63) is 143 Å². The molecule has 7 aromatic rings. The van der Waals surface area contributed by atoms with E-state index in [1.165, 1.54) is 88.6 Å². The van der Waals surface area contributed by atoms with Gasteiger partial charge in [0.2, 0.25) is 0 Å². The van der Waals surface area contributed by atoms with Crippen LogP contribution in [0.4, 0.5) is 34.1 Å². The Labute approximate surface area is 401 Å². The fourth-order valence-electron chi connectivity index (χ4n) is 9.82. The second-order valence-corrected chi connectivity index (χ2v) is 26.6. The van der Waals surface area contributed by atoms with Crippen molar-refractivity contribution in [2.24, 2.45) is 0 Å². The molecule has 2 aliphatic heterocycles. The highest BCUT2D eigenvalue weighted by Crippen LogP contribution is 2.49. The lowest BCUT2D eigenvalue weighted by molar-refractivity contribution is 0.568. The molecule has 0 amide bonds. The molecule has 0 saturated carbocycles. The van der Waals surface area contributed by atoms with Crippen molar-refractivity contribution in [1.29, 1.82) is 0 Å². The second kappa shape index (κ2) is 15.2. The molecule has 0 bridgehead atoms. The third kappa shape index (κ3) is 8.12. The Kier molecular flexibility index (Phi) is 10.6. The van der Waals surface area contributed by atoms with Crippen LogP contribution in [0.5, 0.6) is 0 Å². The molecule has 9 rings (SSSR count). The molecule has 0 fully saturated rings. The Hall–Kier alpha value is -5.13. The van der Waals surface area contributed by atoms with Crippen LogP contribution in [-0.4, -0.2) is 11.7 Å². The Balaban J connectivity index is 1.40. The normalized spacial score (nSPS) is 14.4. The number of fused-ring (bicyclic) bond motifs is 5. The molecule has 340 valence electrons. The van der Waals surface area contributed by atoms with Gasteiger partial charge in [0, 0.05) is 39.7 Å². The third-order valence-electron chi connectivity index (χ3n) is 14.2. The van der Waals surface area contributed by atoms with Crippen molar-refractivity contribution < 1.29 is 0 Å². The first kappa shape index (κ1) is 46.0. The lowest BCUT2D eigenvalue weighted by Gasteiger charge is -2.45. The molecule has 3 nitrogen and oxygen atoms in total. The van der Waals surface area contributed by atoms with E-state index < -0.39 is 0 Å². The first-order valence-corrected chi connectivity index (χ1v) is 25.1. The largest absolute Gasteiger partial charge is 0.311 e. The first-order chi connectivity index (χ1) is 30.5. The van der Waals surface area contributed by atoms with Gasteiger partial charge in [-0.3, -0.25) is 0 Å². The van der Waals surface area contributed by atoms with E-state index >= 15 is 0 Å². The quantitative estimate of drug-likeness (QED) is 0.165. The summed E-state index contributed by atoms with van der Waals surface area (Å²) in [5.41, 5.74) is 21.4. The molecule has 2 aliphatic rings. The van der Waals surface area contributed by atoms with Gasteiger partial charge in [0.25, 0.3) is 6.71 Å². The summed E-state index contributed by atoms with van der Waals surface area (Å²) in [6, 6.07) is 43.2.